The largest absolute Gasteiger partial charge is 0.479 e. The molecule has 2 N–H and O–H groups in total. The number of rotatable bonds is 22. The first-order chi connectivity index (χ1) is 16.8. The van der Waals surface area contributed by atoms with Crippen molar-refractivity contribution in [2.75, 3.05) is 0 Å². The quantitative estimate of drug-likeness (QED) is 0.142. The lowest BCUT2D eigenvalue weighted by molar-refractivity contribution is -0.145. The van der Waals surface area contributed by atoms with E-state index in [2.05, 4.69) is 55.4 Å². The van der Waals surface area contributed by atoms with Gasteiger partial charge >= 0.3 is 5.97 Å². The molecule has 0 aromatic carbocycles. The second kappa shape index (κ2) is 24.7. The first-order valence-corrected chi connectivity index (χ1v) is 15.8. The number of aliphatic carboxylic acids is 1. The lowest BCUT2D eigenvalue weighted by Gasteiger charge is -2.16. The maximum absolute atomic E-state index is 9.45. The van der Waals surface area contributed by atoms with Crippen molar-refractivity contribution < 1.29 is 15.0 Å². The predicted octanol–water partition coefficient (Wildman–Crippen LogP) is 10.5. The molecule has 218 valence electrons. The average Bonchev–Trinajstić information content (AvgIpc) is 2.76. The number of aliphatic hydroxyl groups is 1. The number of carbonyl (C=O) groups is 1. The highest BCUT2D eigenvalue weighted by Crippen LogP contribution is 2.24. The molecule has 0 saturated carbocycles. The molecule has 0 aromatic heterocycles. The summed E-state index contributed by atoms with van der Waals surface area (Å²) in [6.07, 6.45) is 21.9. The number of hydrogen-bond donors (Lipinski definition) is 2. The Labute approximate surface area is 227 Å². The molecule has 0 saturated heterocycles. The summed E-state index contributed by atoms with van der Waals surface area (Å²) in [7, 11) is 0. The van der Waals surface area contributed by atoms with Gasteiger partial charge in [-0.3, -0.25) is 0 Å². The molecule has 0 aromatic rings. The molecular weight excluding hydrogens is 444 g/mol. The Balaban J connectivity index is 0. The molecule has 0 aliphatic carbocycles. The monoisotopic (exact) mass is 513 g/mol. The molecular formula is C33H68O3. The first-order valence-electron chi connectivity index (χ1n) is 15.8. The number of hydrogen-bond acceptors (Lipinski definition) is 2. The summed E-state index contributed by atoms with van der Waals surface area (Å²) in [5, 5.41) is 15.8. The van der Waals surface area contributed by atoms with Crippen LogP contribution in [-0.2, 0) is 4.79 Å². The molecule has 0 radical (unpaired) electrons. The maximum Gasteiger partial charge on any atom is 0.332 e. The fourth-order valence-corrected chi connectivity index (χ4v) is 4.94. The van der Waals surface area contributed by atoms with E-state index in [-0.39, 0.29) is 0 Å². The van der Waals surface area contributed by atoms with Crippen LogP contribution in [0.4, 0.5) is 0 Å². The molecule has 0 aliphatic rings. The van der Waals surface area contributed by atoms with Crippen molar-refractivity contribution in [1.29, 1.82) is 0 Å². The first kappa shape index (κ1) is 37.6. The van der Waals surface area contributed by atoms with Crippen LogP contribution in [0, 0.1) is 35.5 Å². The number of carboxylic acids is 1. The van der Waals surface area contributed by atoms with E-state index in [1.807, 2.05) is 0 Å². The molecule has 0 aliphatic heterocycles. The SMILES string of the molecule is CC(C)CCCC(C)CCCC(C)CCCCC(C)CCCC(C)CCCC(C)C.CC(O)C(=O)O. The van der Waals surface area contributed by atoms with Crippen LogP contribution >= 0.6 is 0 Å². The van der Waals surface area contributed by atoms with E-state index < -0.39 is 12.1 Å². The molecule has 3 nitrogen and oxygen atoms in total. The second-order valence-electron chi connectivity index (χ2n) is 13.2. The molecule has 5 unspecified atom stereocenters. The van der Waals surface area contributed by atoms with Gasteiger partial charge in [0.2, 0.25) is 0 Å². The zero-order valence-electron chi connectivity index (χ0n) is 26.2. The summed E-state index contributed by atoms with van der Waals surface area (Å²) in [6.45, 7) is 20.5. The number of unbranched alkanes of at least 4 members (excludes halogenated alkanes) is 1. The Morgan fingerprint density at radius 2 is 0.639 bits per heavy atom. The van der Waals surface area contributed by atoms with Crippen LogP contribution in [-0.4, -0.2) is 22.3 Å². The lowest BCUT2D eigenvalue weighted by Crippen LogP contribution is -2.13. The minimum atomic E-state index is -1.23. The van der Waals surface area contributed by atoms with Crippen molar-refractivity contribution in [2.45, 2.75) is 171 Å². The molecule has 0 spiro atoms. The van der Waals surface area contributed by atoms with E-state index in [1.165, 1.54) is 110 Å². The third kappa shape index (κ3) is 29.7. The van der Waals surface area contributed by atoms with Crippen LogP contribution in [0.25, 0.3) is 0 Å². The highest BCUT2D eigenvalue weighted by molar-refractivity contribution is 5.71. The van der Waals surface area contributed by atoms with Gasteiger partial charge in [0.15, 0.2) is 0 Å². The summed E-state index contributed by atoms with van der Waals surface area (Å²) >= 11 is 0. The molecule has 0 rings (SSSR count). The van der Waals surface area contributed by atoms with Crippen molar-refractivity contribution in [2.24, 2.45) is 35.5 Å². The highest BCUT2D eigenvalue weighted by atomic mass is 16.4. The standard InChI is InChI=1S/C30H62.C3H6O3/c1-25(2)15-11-19-29(7)23-13-21-27(5)17-9-10-18-28(6)22-14-24-30(8)20-12-16-26(3)4;1-2(4)3(5)6/h25-30H,9-24H2,1-8H3;2,4H,1H3,(H,5,6). The molecule has 3 heteroatoms. The van der Waals surface area contributed by atoms with Crippen LogP contribution in [0.5, 0.6) is 0 Å². The third-order valence-electron chi connectivity index (χ3n) is 7.75. The van der Waals surface area contributed by atoms with E-state index in [0.717, 1.165) is 35.5 Å². The predicted molar refractivity (Wildman–Crippen MR) is 160 cm³/mol. The zero-order valence-corrected chi connectivity index (χ0v) is 26.2. The van der Waals surface area contributed by atoms with Crippen LogP contribution in [0.3, 0.4) is 0 Å². The summed E-state index contributed by atoms with van der Waals surface area (Å²) < 4.78 is 0. The minimum Gasteiger partial charge on any atom is -0.479 e. The Morgan fingerprint density at radius 3 is 0.833 bits per heavy atom. The van der Waals surface area contributed by atoms with Gasteiger partial charge in [0.05, 0.1) is 0 Å². The Morgan fingerprint density at radius 1 is 0.444 bits per heavy atom. The van der Waals surface area contributed by atoms with Gasteiger partial charge in [-0.2, -0.15) is 0 Å². The molecule has 36 heavy (non-hydrogen) atoms. The van der Waals surface area contributed by atoms with Crippen LogP contribution in [0.2, 0.25) is 0 Å². The topological polar surface area (TPSA) is 57.5 Å². The highest BCUT2D eigenvalue weighted by Gasteiger charge is 2.09. The van der Waals surface area contributed by atoms with E-state index >= 15 is 0 Å². The Kier molecular flexibility index (Phi) is 25.8. The Bertz CT molecular complexity index is 438. The van der Waals surface area contributed by atoms with Crippen molar-refractivity contribution >= 4 is 5.97 Å². The molecule has 5 atom stereocenters. The van der Waals surface area contributed by atoms with Crippen LogP contribution < -0.4 is 0 Å². The molecule has 0 bridgehead atoms. The van der Waals surface area contributed by atoms with Gasteiger partial charge < -0.3 is 10.2 Å². The summed E-state index contributed by atoms with van der Waals surface area (Å²) in [4.78, 5) is 9.45. The fourth-order valence-electron chi connectivity index (χ4n) is 4.94. The van der Waals surface area contributed by atoms with Gasteiger partial charge in [0.1, 0.15) is 6.10 Å². The fraction of sp³-hybridized carbons (Fsp3) is 0.970. The van der Waals surface area contributed by atoms with E-state index in [4.69, 9.17) is 10.2 Å². The normalized spacial score (nSPS) is 15.8. The summed E-state index contributed by atoms with van der Waals surface area (Å²) in [6, 6.07) is 0. The summed E-state index contributed by atoms with van der Waals surface area (Å²) in [5.41, 5.74) is 0. The molecule has 0 heterocycles. The van der Waals surface area contributed by atoms with Gasteiger partial charge in [-0.1, -0.05) is 158 Å². The number of aliphatic hydroxyl groups excluding tert-OH is 1. The van der Waals surface area contributed by atoms with Crippen molar-refractivity contribution in [3.63, 3.8) is 0 Å². The van der Waals surface area contributed by atoms with Crippen LogP contribution in [0.1, 0.15) is 165 Å². The second-order valence-corrected chi connectivity index (χ2v) is 13.2. The van der Waals surface area contributed by atoms with Gasteiger partial charge in [-0.05, 0) is 42.4 Å². The lowest BCUT2D eigenvalue weighted by atomic mass is 9.90. The molecule has 0 amide bonds. The molecule has 0 fully saturated rings. The van der Waals surface area contributed by atoms with Crippen molar-refractivity contribution in [1.82, 2.24) is 0 Å². The zero-order chi connectivity index (χ0) is 27.9. The van der Waals surface area contributed by atoms with Gasteiger partial charge in [0.25, 0.3) is 0 Å². The average molecular weight is 513 g/mol. The van der Waals surface area contributed by atoms with Gasteiger partial charge in [-0.25, -0.2) is 4.79 Å². The van der Waals surface area contributed by atoms with Crippen molar-refractivity contribution in [3.8, 4) is 0 Å². The maximum atomic E-state index is 9.45. The van der Waals surface area contributed by atoms with E-state index in [0.29, 0.717) is 0 Å². The van der Waals surface area contributed by atoms with Gasteiger partial charge in [0, 0.05) is 0 Å². The number of carboxylic acid groups (broad SMARTS) is 1. The van der Waals surface area contributed by atoms with E-state index in [1.54, 1.807) is 0 Å². The van der Waals surface area contributed by atoms with Crippen LogP contribution in [0.15, 0.2) is 0 Å². The smallest absolute Gasteiger partial charge is 0.332 e. The summed E-state index contributed by atoms with van der Waals surface area (Å²) in [5.74, 6) is 4.33. The van der Waals surface area contributed by atoms with Gasteiger partial charge in [-0.15, -0.1) is 0 Å². The minimum absolute atomic E-state index is 0.878. The van der Waals surface area contributed by atoms with E-state index in [9.17, 15) is 4.79 Å². The van der Waals surface area contributed by atoms with Crippen molar-refractivity contribution in [3.05, 3.63) is 0 Å². The Hall–Kier alpha value is -0.570. The third-order valence-corrected chi connectivity index (χ3v) is 7.75.